The minimum atomic E-state index is -3.51. The molecule has 0 saturated carbocycles. The number of aromatic nitrogens is 1. The van der Waals surface area contributed by atoms with Crippen molar-refractivity contribution in [1.82, 2.24) is 14.6 Å². The average molecular weight is 424 g/mol. The van der Waals surface area contributed by atoms with E-state index in [9.17, 15) is 18.0 Å². The molecule has 1 aliphatic heterocycles. The molecule has 0 aliphatic carbocycles. The second-order valence-corrected chi connectivity index (χ2v) is 9.90. The van der Waals surface area contributed by atoms with Gasteiger partial charge in [-0.05, 0) is 50.1 Å². The standard InChI is InChI=1S/C19H25N3O4S2/c1-4-15-17(13(3)23)12(2)20-18(15)19(24)22-9-7-14(8-10-22)21-28(25,26)16-6-5-11-27-16/h5-6,11,14,20-21H,4,7-10H2,1-3H3. The monoisotopic (exact) mass is 423 g/mol. The van der Waals surface area contributed by atoms with Crippen LogP contribution in [0.5, 0.6) is 0 Å². The number of piperidine rings is 1. The first-order valence-corrected chi connectivity index (χ1v) is 11.7. The lowest BCUT2D eigenvalue weighted by atomic mass is 10.0. The predicted molar refractivity (Wildman–Crippen MR) is 108 cm³/mol. The van der Waals surface area contributed by atoms with E-state index in [4.69, 9.17) is 0 Å². The van der Waals surface area contributed by atoms with Gasteiger partial charge >= 0.3 is 0 Å². The van der Waals surface area contributed by atoms with Crippen LogP contribution < -0.4 is 4.72 Å². The summed E-state index contributed by atoms with van der Waals surface area (Å²) in [5.41, 5.74) is 2.55. The van der Waals surface area contributed by atoms with E-state index in [0.717, 1.165) is 5.56 Å². The van der Waals surface area contributed by atoms with Crippen LogP contribution in [0.2, 0.25) is 0 Å². The van der Waals surface area contributed by atoms with E-state index < -0.39 is 10.0 Å². The van der Waals surface area contributed by atoms with Gasteiger partial charge in [0.05, 0.1) is 0 Å². The summed E-state index contributed by atoms with van der Waals surface area (Å²) < 4.78 is 27.8. The molecule has 0 bridgehead atoms. The van der Waals surface area contributed by atoms with Crippen molar-refractivity contribution < 1.29 is 18.0 Å². The van der Waals surface area contributed by atoms with Gasteiger partial charge in [0, 0.05) is 30.4 Å². The van der Waals surface area contributed by atoms with Crippen LogP contribution >= 0.6 is 11.3 Å². The molecule has 3 heterocycles. The van der Waals surface area contributed by atoms with E-state index in [1.54, 1.807) is 29.3 Å². The Morgan fingerprint density at radius 3 is 2.54 bits per heavy atom. The van der Waals surface area contributed by atoms with Crippen LogP contribution in [-0.2, 0) is 16.4 Å². The van der Waals surface area contributed by atoms with Gasteiger partial charge in [-0.25, -0.2) is 13.1 Å². The number of hydrogen-bond acceptors (Lipinski definition) is 5. The summed E-state index contributed by atoms with van der Waals surface area (Å²) in [6, 6.07) is 3.09. The zero-order valence-corrected chi connectivity index (χ0v) is 17.9. The molecule has 1 fully saturated rings. The fraction of sp³-hybridized carbons (Fsp3) is 0.474. The van der Waals surface area contributed by atoms with Crippen LogP contribution in [0.25, 0.3) is 0 Å². The van der Waals surface area contributed by atoms with Crippen molar-refractivity contribution in [2.75, 3.05) is 13.1 Å². The molecule has 0 spiro atoms. The number of nitrogens with zero attached hydrogens (tertiary/aromatic N) is 1. The number of carbonyl (C=O) groups excluding carboxylic acids is 2. The lowest BCUT2D eigenvalue weighted by Crippen LogP contribution is -2.46. The Morgan fingerprint density at radius 1 is 1.32 bits per heavy atom. The number of ketones is 1. The topological polar surface area (TPSA) is 99.3 Å². The molecule has 2 N–H and O–H groups in total. The lowest BCUT2D eigenvalue weighted by Gasteiger charge is -2.32. The molecule has 9 heteroatoms. The minimum absolute atomic E-state index is 0.0497. The van der Waals surface area contributed by atoms with Gasteiger partial charge in [-0.15, -0.1) is 11.3 Å². The number of rotatable bonds is 6. The molecule has 152 valence electrons. The molecule has 7 nitrogen and oxygen atoms in total. The number of aromatic amines is 1. The number of H-pyrrole nitrogens is 1. The fourth-order valence-electron chi connectivity index (χ4n) is 3.74. The van der Waals surface area contributed by atoms with E-state index in [2.05, 4.69) is 9.71 Å². The molecule has 1 saturated heterocycles. The molecule has 3 rings (SSSR count). The molecule has 1 amide bonds. The highest BCUT2D eigenvalue weighted by atomic mass is 32.2. The molecule has 1 aliphatic rings. The Balaban J connectivity index is 1.68. The molecular formula is C19H25N3O4S2. The third-order valence-electron chi connectivity index (χ3n) is 5.07. The van der Waals surface area contributed by atoms with E-state index in [1.165, 1.54) is 18.3 Å². The van der Waals surface area contributed by atoms with Gasteiger partial charge in [-0.1, -0.05) is 13.0 Å². The number of likely N-dealkylation sites (tertiary alicyclic amines) is 1. The maximum atomic E-state index is 13.0. The van der Waals surface area contributed by atoms with Crippen LogP contribution in [0, 0.1) is 6.92 Å². The maximum absolute atomic E-state index is 13.0. The van der Waals surface area contributed by atoms with Crippen molar-refractivity contribution in [2.45, 2.75) is 50.3 Å². The molecule has 0 aromatic carbocycles. The average Bonchev–Trinajstić information content (AvgIpc) is 3.29. The number of thiophene rings is 1. The number of amides is 1. The number of carbonyl (C=O) groups is 2. The summed E-state index contributed by atoms with van der Waals surface area (Å²) >= 11 is 1.18. The summed E-state index contributed by atoms with van der Waals surface area (Å²) in [4.78, 5) is 29.7. The first-order chi connectivity index (χ1) is 13.2. The van der Waals surface area contributed by atoms with Gasteiger partial charge in [-0.2, -0.15) is 0 Å². The van der Waals surface area contributed by atoms with Crippen molar-refractivity contribution in [2.24, 2.45) is 0 Å². The Morgan fingerprint density at radius 2 is 2.00 bits per heavy atom. The van der Waals surface area contributed by atoms with Crippen molar-refractivity contribution in [1.29, 1.82) is 0 Å². The molecule has 28 heavy (non-hydrogen) atoms. The van der Waals surface area contributed by atoms with Crippen molar-refractivity contribution >= 4 is 33.1 Å². The zero-order valence-electron chi connectivity index (χ0n) is 16.2. The second-order valence-electron chi connectivity index (χ2n) is 7.01. The predicted octanol–water partition coefficient (Wildman–Crippen LogP) is 2.73. The SMILES string of the molecule is CCc1c(C(=O)N2CCC(NS(=O)(=O)c3cccs3)CC2)[nH]c(C)c1C(C)=O. The third-order valence-corrected chi connectivity index (χ3v) is 7.99. The highest BCUT2D eigenvalue weighted by molar-refractivity contribution is 7.91. The van der Waals surface area contributed by atoms with Gasteiger partial charge in [0.25, 0.3) is 5.91 Å². The number of aryl methyl sites for hydroxylation is 1. The third kappa shape index (κ3) is 4.06. The highest BCUT2D eigenvalue weighted by Gasteiger charge is 2.30. The Labute approximate surface area is 169 Å². The van der Waals surface area contributed by atoms with Crippen molar-refractivity contribution in [3.05, 3.63) is 40.0 Å². The number of Topliss-reactive ketones (excluding diaryl/α,β-unsaturated/α-hetero) is 1. The minimum Gasteiger partial charge on any atom is -0.354 e. The van der Waals surface area contributed by atoms with Gasteiger partial charge in [0.15, 0.2) is 5.78 Å². The molecule has 2 aromatic heterocycles. The van der Waals surface area contributed by atoms with Gasteiger partial charge in [0.1, 0.15) is 9.90 Å². The van der Waals surface area contributed by atoms with Crippen molar-refractivity contribution in [3.63, 3.8) is 0 Å². The first-order valence-electron chi connectivity index (χ1n) is 9.32. The van der Waals surface area contributed by atoms with E-state index in [0.29, 0.717) is 53.5 Å². The maximum Gasteiger partial charge on any atom is 0.270 e. The molecule has 2 aromatic rings. The van der Waals surface area contributed by atoms with Gasteiger partial charge in [0.2, 0.25) is 10.0 Å². The van der Waals surface area contributed by atoms with Crippen LogP contribution in [0.1, 0.15) is 58.8 Å². The molecule has 0 unspecified atom stereocenters. The molecular weight excluding hydrogens is 398 g/mol. The second kappa shape index (κ2) is 8.18. The van der Waals surface area contributed by atoms with Crippen LogP contribution in [0.15, 0.2) is 21.7 Å². The van der Waals surface area contributed by atoms with Gasteiger partial charge in [-0.3, -0.25) is 9.59 Å². The zero-order chi connectivity index (χ0) is 20.5. The van der Waals surface area contributed by atoms with E-state index >= 15 is 0 Å². The van der Waals surface area contributed by atoms with Crippen LogP contribution in [0.3, 0.4) is 0 Å². The summed E-state index contributed by atoms with van der Waals surface area (Å²) in [5.74, 6) is -0.182. The first kappa shape index (κ1) is 20.8. The van der Waals surface area contributed by atoms with E-state index in [1.807, 2.05) is 6.92 Å². The normalized spacial score (nSPS) is 15.8. The Hall–Kier alpha value is -1.97. The highest BCUT2D eigenvalue weighted by Crippen LogP contribution is 2.24. The fourth-order valence-corrected chi connectivity index (χ4v) is 6.06. The number of nitrogens with one attached hydrogen (secondary N) is 2. The quantitative estimate of drug-likeness (QED) is 0.698. The van der Waals surface area contributed by atoms with Gasteiger partial charge < -0.3 is 9.88 Å². The van der Waals surface area contributed by atoms with Crippen LogP contribution in [-0.4, -0.2) is 49.1 Å². The summed E-state index contributed by atoms with van der Waals surface area (Å²) in [6.45, 7) is 6.17. The largest absolute Gasteiger partial charge is 0.354 e. The summed E-state index contributed by atoms with van der Waals surface area (Å²) in [6.07, 6.45) is 1.70. The lowest BCUT2D eigenvalue weighted by molar-refractivity contribution is 0.0705. The number of sulfonamides is 1. The Bertz CT molecular complexity index is 969. The Kier molecular flexibility index (Phi) is 6.07. The van der Waals surface area contributed by atoms with Crippen LogP contribution in [0.4, 0.5) is 0 Å². The molecule has 0 atom stereocenters. The summed E-state index contributed by atoms with van der Waals surface area (Å²) in [5, 5.41) is 1.73. The summed E-state index contributed by atoms with van der Waals surface area (Å²) in [7, 11) is -3.51. The van der Waals surface area contributed by atoms with E-state index in [-0.39, 0.29) is 17.7 Å². The molecule has 0 radical (unpaired) electrons. The number of hydrogen-bond donors (Lipinski definition) is 2. The van der Waals surface area contributed by atoms with Crippen molar-refractivity contribution in [3.8, 4) is 0 Å². The smallest absolute Gasteiger partial charge is 0.270 e.